The minimum atomic E-state index is -0.167. The number of hydrogen-bond donors (Lipinski definition) is 2. The summed E-state index contributed by atoms with van der Waals surface area (Å²) in [5, 5.41) is 4.34. The Kier molecular flexibility index (Phi) is 3.77. The molecule has 1 aromatic carbocycles. The minimum absolute atomic E-state index is 0.0281. The number of rotatable bonds is 4. The van der Waals surface area contributed by atoms with Gasteiger partial charge in [0.2, 0.25) is 0 Å². The lowest BCUT2D eigenvalue weighted by molar-refractivity contribution is 0.427. The highest BCUT2D eigenvalue weighted by atomic mass is 35.5. The zero-order valence-corrected chi connectivity index (χ0v) is 12.1. The lowest BCUT2D eigenvalue weighted by Crippen LogP contribution is -2.22. The van der Waals surface area contributed by atoms with Gasteiger partial charge in [0.25, 0.3) is 5.56 Å². The molecule has 3 aromatic rings. The van der Waals surface area contributed by atoms with Gasteiger partial charge >= 0.3 is 0 Å². The fourth-order valence-electron chi connectivity index (χ4n) is 2.13. The summed E-state index contributed by atoms with van der Waals surface area (Å²) in [5.74, 6) is 1.40. The molecule has 0 aliphatic heterocycles. The zero-order valence-electron chi connectivity index (χ0n) is 11.4. The van der Waals surface area contributed by atoms with Crippen LogP contribution in [0.15, 0.2) is 45.8 Å². The smallest absolute Gasteiger partial charge is 0.258 e. The van der Waals surface area contributed by atoms with Crippen LogP contribution in [-0.2, 0) is 6.54 Å². The first kappa shape index (κ1) is 13.9. The van der Waals surface area contributed by atoms with Crippen LogP contribution in [0.1, 0.15) is 24.6 Å². The molecule has 2 aromatic heterocycles. The Morgan fingerprint density at radius 3 is 3.05 bits per heavy atom. The van der Waals surface area contributed by atoms with Crippen LogP contribution in [0.5, 0.6) is 0 Å². The van der Waals surface area contributed by atoms with Gasteiger partial charge in [0.1, 0.15) is 11.6 Å². The zero-order chi connectivity index (χ0) is 14.8. The Hall–Kier alpha value is -2.11. The number of aromatic amines is 1. The monoisotopic (exact) mass is 303 g/mol. The standard InChI is InChI=1S/C15H14ClN3O2/c1-9(13-3-2-6-21-13)17-8-14-18-12-7-10(16)4-5-11(12)15(20)19-14/h2-7,9,17H,8H2,1H3,(H,18,19,20)/t9-/m0/s1. The molecule has 0 radical (unpaired) electrons. The predicted molar refractivity (Wildman–Crippen MR) is 81.3 cm³/mol. The van der Waals surface area contributed by atoms with E-state index in [0.29, 0.717) is 28.3 Å². The average molecular weight is 304 g/mol. The summed E-state index contributed by atoms with van der Waals surface area (Å²) < 4.78 is 5.32. The number of H-pyrrole nitrogens is 1. The molecule has 0 aliphatic carbocycles. The third-order valence-corrected chi connectivity index (χ3v) is 3.50. The van der Waals surface area contributed by atoms with Crippen molar-refractivity contribution < 1.29 is 4.42 Å². The maximum absolute atomic E-state index is 12.0. The van der Waals surface area contributed by atoms with Crippen molar-refractivity contribution in [3.63, 3.8) is 0 Å². The van der Waals surface area contributed by atoms with Crippen molar-refractivity contribution in [3.05, 3.63) is 63.6 Å². The van der Waals surface area contributed by atoms with E-state index in [2.05, 4.69) is 15.3 Å². The van der Waals surface area contributed by atoms with Gasteiger partial charge < -0.3 is 14.7 Å². The van der Waals surface area contributed by atoms with E-state index in [1.54, 1.807) is 24.5 Å². The van der Waals surface area contributed by atoms with E-state index < -0.39 is 0 Å². The number of furan rings is 1. The second kappa shape index (κ2) is 5.71. The van der Waals surface area contributed by atoms with Gasteiger partial charge in [-0.25, -0.2) is 4.98 Å². The van der Waals surface area contributed by atoms with E-state index >= 15 is 0 Å². The number of nitrogens with one attached hydrogen (secondary N) is 2. The first-order chi connectivity index (χ1) is 10.1. The topological polar surface area (TPSA) is 70.9 Å². The normalized spacial score (nSPS) is 12.7. The van der Waals surface area contributed by atoms with E-state index in [0.717, 1.165) is 5.76 Å². The highest BCUT2D eigenvalue weighted by Crippen LogP contribution is 2.15. The molecule has 0 saturated carbocycles. The van der Waals surface area contributed by atoms with Crippen LogP contribution in [-0.4, -0.2) is 9.97 Å². The maximum Gasteiger partial charge on any atom is 0.258 e. The van der Waals surface area contributed by atoms with Gasteiger partial charge in [-0.15, -0.1) is 0 Å². The number of fused-ring (bicyclic) bond motifs is 1. The quantitative estimate of drug-likeness (QED) is 0.777. The first-order valence-electron chi connectivity index (χ1n) is 6.59. The van der Waals surface area contributed by atoms with Gasteiger partial charge in [-0.05, 0) is 37.3 Å². The molecule has 108 valence electrons. The molecule has 0 fully saturated rings. The molecular weight excluding hydrogens is 290 g/mol. The van der Waals surface area contributed by atoms with Crippen molar-refractivity contribution in [1.29, 1.82) is 0 Å². The average Bonchev–Trinajstić information content (AvgIpc) is 2.98. The molecule has 6 heteroatoms. The van der Waals surface area contributed by atoms with Crippen molar-refractivity contribution in [2.75, 3.05) is 0 Å². The van der Waals surface area contributed by atoms with Crippen molar-refractivity contribution in [1.82, 2.24) is 15.3 Å². The first-order valence-corrected chi connectivity index (χ1v) is 6.96. The van der Waals surface area contributed by atoms with Gasteiger partial charge in [0.05, 0.1) is 29.8 Å². The van der Waals surface area contributed by atoms with Gasteiger partial charge in [0, 0.05) is 5.02 Å². The van der Waals surface area contributed by atoms with E-state index in [4.69, 9.17) is 16.0 Å². The highest BCUT2D eigenvalue weighted by molar-refractivity contribution is 6.31. The van der Waals surface area contributed by atoms with E-state index in [9.17, 15) is 4.79 Å². The summed E-state index contributed by atoms with van der Waals surface area (Å²) in [4.78, 5) is 19.2. The Bertz CT molecular complexity index is 811. The maximum atomic E-state index is 12.0. The lowest BCUT2D eigenvalue weighted by Gasteiger charge is -2.11. The predicted octanol–water partition coefficient (Wildman–Crippen LogP) is 3.02. The molecule has 0 aliphatic rings. The molecule has 3 rings (SSSR count). The number of aromatic nitrogens is 2. The second-order valence-electron chi connectivity index (χ2n) is 4.79. The van der Waals surface area contributed by atoms with Crippen LogP contribution in [0.25, 0.3) is 10.9 Å². The summed E-state index contributed by atoms with van der Waals surface area (Å²) in [5.41, 5.74) is 0.424. The van der Waals surface area contributed by atoms with Gasteiger partial charge in [0.15, 0.2) is 0 Å². The summed E-state index contributed by atoms with van der Waals surface area (Å²) in [6.07, 6.45) is 1.63. The molecule has 0 bridgehead atoms. The van der Waals surface area contributed by atoms with Crippen LogP contribution in [0.2, 0.25) is 5.02 Å². The largest absolute Gasteiger partial charge is 0.468 e. The highest BCUT2D eigenvalue weighted by Gasteiger charge is 2.09. The third-order valence-electron chi connectivity index (χ3n) is 3.26. The molecule has 0 saturated heterocycles. The summed E-state index contributed by atoms with van der Waals surface area (Å²) in [7, 11) is 0. The fourth-order valence-corrected chi connectivity index (χ4v) is 2.30. The van der Waals surface area contributed by atoms with Crippen LogP contribution in [0.4, 0.5) is 0 Å². The summed E-state index contributed by atoms with van der Waals surface area (Å²) in [6.45, 7) is 2.41. The molecule has 0 amide bonds. The number of nitrogens with zero attached hydrogens (tertiary/aromatic N) is 1. The second-order valence-corrected chi connectivity index (χ2v) is 5.23. The Labute approximate surface area is 126 Å². The minimum Gasteiger partial charge on any atom is -0.468 e. The number of halogens is 1. The van der Waals surface area contributed by atoms with Gasteiger partial charge in [-0.3, -0.25) is 4.79 Å². The summed E-state index contributed by atoms with van der Waals surface area (Å²) >= 11 is 5.94. The number of hydrogen-bond acceptors (Lipinski definition) is 4. The van der Waals surface area contributed by atoms with Gasteiger partial charge in [-0.1, -0.05) is 11.6 Å². The lowest BCUT2D eigenvalue weighted by atomic mass is 10.2. The Morgan fingerprint density at radius 1 is 1.43 bits per heavy atom. The Morgan fingerprint density at radius 2 is 2.29 bits per heavy atom. The van der Waals surface area contributed by atoms with Gasteiger partial charge in [-0.2, -0.15) is 0 Å². The van der Waals surface area contributed by atoms with Crippen LogP contribution >= 0.6 is 11.6 Å². The van der Waals surface area contributed by atoms with E-state index in [1.165, 1.54) is 0 Å². The SMILES string of the molecule is C[C@H](NCc1nc2cc(Cl)ccc2c(=O)[nH]1)c1ccco1. The molecule has 2 N–H and O–H groups in total. The molecule has 0 spiro atoms. The molecule has 1 atom stereocenters. The van der Waals surface area contributed by atoms with Crippen molar-refractivity contribution >= 4 is 22.5 Å². The Balaban J connectivity index is 1.83. The molecular formula is C15H14ClN3O2. The van der Waals surface area contributed by atoms with Crippen LogP contribution in [0, 0.1) is 0 Å². The molecule has 21 heavy (non-hydrogen) atoms. The van der Waals surface area contributed by atoms with Crippen molar-refractivity contribution in [2.45, 2.75) is 19.5 Å². The van der Waals surface area contributed by atoms with Crippen molar-refractivity contribution in [3.8, 4) is 0 Å². The van der Waals surface area contributed by atoms with Crippen LogP contribution in [0.3, 0.4) is 0 Å². The molecule has 0 unspecified atom stereocenters. The van der Waals surface area contributed by atoms with E-state index in [1.807, 2.05) is 19.1 Å². The van der Waals surface area contributed by atoms with Crippen molar-refractivity contribution in [2.24, 2.45) is 0 Å². The third kappa shape index (κ3) is 2.99. The summed E-state index contributed by atoms with van der Waals surface area (Å²) in [6, 6.07) is 8.80. The molecule has 2 heterocycles. The molecule has 5 nitrogen and oxygen atoms in total. The van der Waals surface area contributed by atoms with Crippen LogP contribution < -0.4 is 10.9 Å². The fraction of sp³-hybridized carbons (Fsp3) is 0.200. The number of benzene rings is 1. The van der Waals surface area contributed by atoms with E-state index in [-0.39, 0.29) is 11.6 Å².